The van der Waals surface area contributed by atoms with Crippen LogP contribution >= 0.6 is 11.3 Å². The van der Waals surface area contributed by atoms with Crippen LogP contribution in [0.4, 0.5) is 5.69 Å². The molecule has 4 nitrogen and oxygen atoms in total. The van der Waals surface area contributed by atoms with Crippen molar-refractivity contribution >= 4 is 17.0 Å². The van der Waals surface area contributed by atoms with Gasteiger partial charge < -0.3 is 5.32 Å². The van der Waals surface area contributed by atoms with Gasteiger partial charge in [0.2, 0.25) is 0 Å². The zero-order chi connectivity index (χ0) is 11.5. The minimum absolute atomic E-state index is 0.278. The highest BCUT2D eigenvalue weighted by molar-refractivity contribution is 7.11. The zero-order valence-electron chi connectivity index (χ0n) is 9.77. The molecule has 86 valence electrons. The average molecular weight is 236 g/mol. The molecule has 0 aliphatic carbocycles. The van der Waals surface area contributed by atoms with Crippen LogP contribution in [-0.4, -0.2) is 14.8 Å². The van der Waals surface area contributed by atoms with Gasteiger partial charge in [-0.15, -0.1) is 11.3 Å². The molecule has 0 spiro atoms. The molecule has 0 saturated carbocycles. The number of nitrogens with zero attached hydrogens (tertiary/aromatic N) is 3. The first kappa shape index (κ1) is 11.1. The highest BCUT2D eigenvalue weighted by atomic mass is 32.1. The van der Waals surface area contributed by atoms with E-state index in [1.165, 1.54) is 4.88 Å². The third-order valence-corrected chi connectivity index (χ3v) is 3.50. The van der Waals surface area contributed by atoms with Crippen molar-refractivity contribution in [2.75, 3.05) is 5.32 Å². The Morgan fingerprint density at radius 3 is 2.88 bits per heavy atom. The third kappa shape index (κ3) is 2.41. The summed E-state index contributed by atoms with van der Waals surface area (Å²) in [7, 11) is 0. The van der Waals surface area contributed by atoms with Crippen molar-refractivity contribution in [3.05, 3.63) is 28.5 Å². The first-order valence-electron chi connectivity index (χ1n) is 5.40. The second kappa shape index (κ2) is 4.65. The molecule has 0 aromatic carbocycles. The van der Waals surface area contributed by atoms with E-state index in [1.54, 1.807) is 11.3 Å². The highest BCUT2D eigenvalue weighted by Crippen LogP contribution is 2.23. The molecular formula is C11H16N4S. The van der Waals surface area contributed by atoms with Gasteiger partial charge in [-0.05, 0) is 20.8 Å². The molecule has 1 atom stereocenters. The maximum Gasteiger partial charge on any atom is 0.0897 e. The first-order valence-corrected chi connectivity index (χ1v) is 6.22. The van der Waals surface area contributed by atoms with Gasteiger partial charge in [0.1, 0.15) is 0 Å². The number of aryl methyl sites for hydroxylation is 2. The fraction of sp³-hybridized carbons (Fsp3) is 0.455. The summed E-state index contributed by atoms with van der Waals surface area (Å²) in [6, 6.07) is 0.278. The summed E-state index contributed by atoms with van der Waals surface area (Å²) in [5.41, 5.74) is 1.06. The van der Waals surface area contributed by atoms with Gasteiger partial charge >= 0.3 is 0 Å². The molecule has 0 fully saturated rings. The lowest BCUT2D eigenvalue weighted by atomic mass is 10.3. The van der Waals surface area contributed by atoms with Crippen molar-refractivity contribution in [1.82, 2.24) is 14.8 Å². The monoisotopic (exact) mass is 236 g/mol. The van der Waals surface area contributed by atoms with E-state index in [4.69, 9.17) is 0 Å². The van der Waals surface area contributed by atoms with Crippen molar-refractivity contribution in [2.45, 2.75) is 33.4 Å². The Morgan fingerprint density at radius 2 is 2.31 bits per heavy atom. The molecule has 0 aliphatic heterocycles. The largest absolute Gasteiger partial charge is 0.375 e. The normalized spacial score (nSPS) is 12.7. The Labute approximate surface area is 99.3 Å². The summed E-state index contributed by atoms with van der Waals surface area (Å²) >= 11 is 1.73. The summed E-state index contributed by atoms with van der Waals surface area (Å²) in [5, 5.41) is 8.75. The molecule has 16 heavy (non-hydrogen) atoms. The van der Waals surface area contributed by atoms with Crippen molar-refractivity contribution in [3.63, 3.8) is 0 Å². The summed E-state index contributed by atoms with van der Waals surface area (Å²) in [4.78, 5) is 5.51. The fourth-order valence-corrected chi connectivity index (χ4v) is 2.30. The quantitative estimate of drug-likeness (QED) is 0.887. The number of anilines is 1. The van der Waals surface area contributed by atoms with Crippen LogP contribution in [0.15, 0.2) is 18.6 Å². The maximum atomic E-state index is 4.26. The van der Waals surface area contributed by atoms with Crippen LogP contribution in [0.1, 0.15) is 29.8 Å². The standard InChI is InChI=1S/C11H16N4S/c1-4-15-7-10(5-13-15)14-8(2)11-6-12-9(3)16-11/h5-8,14H,4H2,1-3H3. The molecule has 2 aromatic heterocycles. The molecular weight excluding hydrogens is 220 g/mol. The van der Waals surface area contributed by atoms with Gasteiger partial charge in [0.15, 0.2) is 0 Å². The van der Waals surface area contributed by atoms with E-state index in [0.29, 0.717) is 0 Å². The van der Waals surface area contributed by atoms with Crippen molar-refractivity contribution in [2.24, 2.45) is 0 Å². The molecule has 2 aromatic rings. The zero-order valence-corrected chi connectivity index (χ0v) is 10.6. The van der Waals surface area contributed by atoms with Gasteiger partial charge in [-0.1, -0.05) is 0 Å². The average Bonchev–Trinajstić information content (AvgIpc) is 2.87. The third-order valence-electron chi connectivity index (χ3n) is 2.41. The maximum absolute atomic E-state index is 4.26. The van der Waals surface area contributed by atoms with Gasteiger partial charge in [0.05, 0.1) is 22.9 Å². The summed E-state index contributed by atoms with van der Waals surface area (Å²) in [6.07, 6.45) is 5.81. The Morgan fingerprint density at radius 1 is 1.50 bits per heavy atom. The lowest BCUT2D eigenvalue weighted by molar-refractivity contribution is 0.660. The highest BCUT2D eigenvalue weighted by Gasteiger charge is 2.09. The molecule has 0 saturated heterocycles. The van der Waals surface area contributed by atoms with Crippen molar-refractivity contribution in [1.29, 1.82) is 0 Å². The lowest BCUT2D eigenvalue weighted by Crippen LogP contribution is -2.04. The summed E-state index contributed by atoms with van der Waals surface area (Å²) in [5.74, 6) is 0. The molecule has 0 radical (unpaired) electrons. The summed E-state index contributed by atoms with van der Waals surface area (Å²) < 4.78 is 1.91. The topological polar surface area (TPSA) is 42.7 Å². The van der Waals surface area contributed by atoms with E-state index >= 15 is 0 Å². The number of thiazole rings is 1. The minimum Gasteiger partial charge on any atom is -0.375 e. The van der Waals surface area contributed by atoms with E-state index in [2.05, 4.69) is 29.2 Å². The number of aromatic nitrogens is 3. The van der Waals surface area contributed by atoms with Crippen LogP contribution in [0, 0.1) is 6.92 Å². The van der Waals surface area contributed by atoms with E-state index in [-0.39, 0.29) is 6.04 Å². The molecule has 5 heteroatoms. The molecule has 2 rings (SSSR count). The van der Waals surface area contributed by atoms with Crippen LogP contribution in [0.2, 0.25) is 0 Å². The Bertz CT molecular complexity index is 460. The van der Waals surface area contributed by atoms with Crippen LogP contribution in [0.5, 0.6) is 0 Å². The number of hydrogen-bond donors (Lipinski definition) is 1. The van der Waals surface area contributed by atoms with Gasteiger partial charge in [-0.25, -0.2) is 4.98 Å². The van der Waals surface area contributed by atoms with E-state index < -0.39 is 0 Å². The smallest absolute Gasteiger partial charge is 0.0897 e. The van der Waals surface area contributed by atoms with Gasteiger partial charge in [-0.3, -0.25) is 4.68 Å². The first-order chi connectivity index (χ1) is 7.69. The Balaban J connectivity index is 2.04. The number of hydrogen-bond acceptors (Lipinski definition) is 4. The minimum atomic E-state index is 0.278. The predicted octanol–water partition coefficient (Wildman–Crippen LogP) is 2.84. The van der Waals surface area contributed by atoms with Crippen molar-refractivity contribution in [3.8, 4) is 0 Å². The predicted molar refractivity (Wildman–Crippen MR) is 66.8 cm³/mol. The van der Waals surface area contributed by atoms with Crippen LogP contribution in [0.3, 0.4) is 0 Å². The second-order valence-electron chi connectivity index (χ2n) is 3.73. The molecule has 1 unspecified atom stereocenters. The summed E-state index contributed by atoms with van der Waals surface area (Å²) in [6.45, 7) is 7.13. The van der Waals surface area contributed by atoms with E-state index in [9.17, 15) is 0 Å². The van der Waals surface area contributed by atoms with Crippen molar-refractivity contribution < 1.29 is 0 Å². The second-order valence-corrected chi connectivity index (χ2v) is 5.00. The van der Waals surface area contributed by atoms with Gasteiger partial charge in [0, 0.05) is 23.8 Å². The van der Waals surface area contributed by atoms with Crippen LogP contribution in [-0.2, 0) is 6.54 Å². The Kier molecular flexibility index (Phi) is 3.24. The molecule has 0 amide bonds. The molecule has 2 heterocycles. The van der Waals surface area contributed by atoms with E-state index in [1.807, 2.05) is 30.2 Å². The van der Waals surface area contributed by atoms with E-state index in [0.717, 1.165) is 17.2 Å². The number of nitrogens with one attached hydrogen (secondary N) is 1. The van der Waals surface area contributed by atoms with Crippen LogP contribution in [0.25, 0.3) is 0 Å². The molecule has 0 bridgehead atoms. The lowest BCUT2D eigenvalue weighted by Gasteiger charge is -2.10. The van der Waals surface area contributed by atoms with Gasteiger partial charge in [0.25, 0.3) is 0 Å². The molecule has 0 aliphatic rings. The Hall–Kier alpha value is -1.36. The molecule has 1 N–H and O–H groups in total. The fourth-order valence-electron chi connectivity index (χ4n) is 1.51. The van der Waals surface area contributed by atoms with Crippen LogP contribution < -0.4 is 5.32 Å². The van der Waals surface area contributed by atoms with Gasteiger partial charge in [-0.2, -0.15) is 5.10 Å². The SMILES string of the molecule is CCn1cc(NC(C)c2cnc(C)s2)cn1. The number of rotatable bonds is 4.